The Hall–Kier alpha value is -2.25. The maximum absolute atomic E-state index is 13.7. The SMILES string of the molecule is COc1ccc(F)cc1CN1CCN(C(=S)Nc2ccccc2F)CC1. The summed E-state index contributed by atoms with van der Waals surface area (Å²) in [5, 5.41) is 3.48. The van der Waals surface area contributed by atoms with Crippen LogP contribution in [-0.2, 0) is 6.54 Å². The number of nitrogens with one attached hydrogen (secondary N) is 1. The Morgan fingerprint density at radius 2 is 1.85 bits per heavy atom. The second-order valence-corrected chi connectivity index (χ2v) is 6.52. The minimum Gasteiger partial charge on any atom is -0.496 e. The van der Waals surface area contributed by atoms with Gasteiger partial charge in [0, 0.05) is 38.3 Å². The molecule has 0 amide bonds. The van der Waals surface area contributed by atoms with Crippen molar-refractivity contribution in [2.45, 2.75) is 6.54 Å². The first-order valence-electron chi connectivity index (χ1n) is 8.42. The zero-order valence-electron chi connectivity index (χ0n) is 14.5. The van der Waals surface area contributed by atoms with Gasteiger partial charge in [-0.3, -0.25) is 4.90 Å². The van der Waals surface area contributed by atoms with Crippen molar-refractivity contribution in [1.29, 1.82) is 0 Å². The molecule has 1 aliphatic rings. The molecule has 1 heterocycles. The van der Waals surface area contributed by atoms with Crippen molar-refractivity contribution in [1.82, 2.24) is 9.80 Å². The van der Waals surface area contributed by atoms with Crippen LogP contribution in [0.5, 0.6) is 5.75 Å². The number of methoxy groups -OCH3 is 1. The van der Waals surface area contributed by atoms with Crippen molar-refractivity contribution in [3.8, 4) is 5.75 Å². The van der Waals surface area contributed by atoms with E-state index in [1.54, 1.807) is 31.4 Å². The first-order valence-corrected chi connectivity index (χ1v) is 8.83. The first-order chi connectivity index (χ1) is 12.6. The third-order valence-corrected chi connectivity index (χ3v) is 4.77. The van der Waals surface area contributed by atoms with Gasteiger partial charge in [-0.05, 0) is 42.5 Å². The van der Waals surface area contributed by atoms with Crippen LogP contribution in [0.25, 0.3) is 0 Å². The molecular weight excluding hydrogens is 356 g/mol. The molecule has 0 radical (unpaired) electrons. The Labute approximate surface area is 157 Å². The van der Waals surface area contributed by atoms with Crippen molar-refractivity contribution >= 4 is 23.0 Å². The standard InChI is InChI=1S/C19H21F2N3OS/c1-25-18-7-6-15(20)12-14(18)13-23-8-10-24(11-9-23)19(26)22-17-5-3-2-4-16(17)21/h2-7,12H,8-11,13H2,1H3,(H,22,26). The van der Waals surface area contributed by atoms with Gasteiger partial charge in [-0.15, -0.1) is 0 Å². The highest BCUT2D eigenvalue weighted by Gasteiger charge is 2.20. The predicted molar refractivity (Wildman–Crippen MR) is 102 cm³/mol. The number of ether oxygens (including phenoxy) is 1. The van der Waals surface area contributed by atoms with E-state index in [4.69, 9.17) is 17.0 Å². The van der Waals surface area contributed by atoms with Crippen LogP contribution in [0.3, 0.4) is 0 Å². The van der Waals surface area contributed by atoms with Gasteiger partial charge in [0.25, 0.3) is 0 Å². The van der Waals surface area contributed by atoms with E-state index < -0.39 is 0 Å². The molecule has 1 fully saturated rings. The summed E-state index contributed by atoms with van der Waals surface area (Å²) in [6.07, 6.45) is 0. The molecule has 0 atom stereocenters. The van der Waals surface area contributed by atoms with E-state index in [1.165, 1.54) is 18.2 Å². The maximum atomic E-state index is 13.7. The highest BCUT2D eigenvalue weighted by molar-refractivity contribution is 7.80. The van der Waals surface area contributed by atoms with E-state index in [1.807, 2.05) is 4.90 Å². The van der Waals surface area contributed by atoms with E-state index in [2.05, 4.69) is 10.2 Å². The fourth-order valence-electron chi connectivity index (χ4n) is 2.98. The maximum Gasteiger partial charge on any atom is 0.173 e. The third kappa shape index (κ3) is 4.47. The number of benzene rings is 2. The number of para-hydroxylation sites is 1. The number of piperazine rings is 1. The largest absolute Gasteiger partial charge is 0.496 e. The summed E-state index contributed by atoms with van der Waals surface area (Å²) < 4.78 is 32.5. The lowest BCUT2D eigenvalue weighted by molar-refractivity contribution is 0.175. The fraction of sp³-hybridized carbons (Fsp3) is 0.316. The van der Waals surface area contributed by atoms with Gasteiger partial charge in [0.05, 0.1) is 12.8 Å². The number of hydrogen-bond acceptors (Lipinski definition) is 3. The molecule has 0 saturated carbocycles. The minimum absolute atomic E-state index is 0.269. The zero-order chi connectivity index (χ0) is 18.5. The van der Waals surface area contributed by atoms with Gasteiger partial charge in [0.1, 0.15) is 17.4 Å². The first kappa shape index (κ1) is 18.5. The van der Waals surface area contributed by atoms with Gasteiger partial charge in [-0.2, -0.15) is 0 Å². The fourth-order valence-corrected chi connectivity index (χ4v) is 3.27. The van der Waals surface area contributed by atoms with Gasteiger partial charge in [0.2, 0.25) is 0 Å². The van der Waals surface area contributed by atoms with Crippen LogP contribution in [0.15, 0.2) is 42.5 Å². The Morgan fingerprint density at radius 3 is 2.54 bits per heavy atom. The molecule has 3 rings (SSSR count). The molecule has 2 aromatic rings. The molecule has 0 spiro atoms. The lowest BCUT2D eigenvalue weighted by atomic mass is 10.1. The summed E-state index contributed by atoms with van der Waals surface area (Å²) in [5.41, 5.74) is 1.21. The van der Waals surface area contributed by atoms with Crippen molar-refractivity contribution < 1.29 is 13.5 Å². The quantitative estimate of drug-likeness (QED) is 0.824. The topological polar surface area (TPSA) is 27.7 Å². The van der Waals surface area contributed by atoms with Gasteiger partial charge in [-0.1, -0.05) is 12.1 Å². The van der Waals surface area contributed by atoms with Gasteiger partial charge >= 0.3 is 0 Å². The molecule has 4 nitrogen and oxygen atoms in total. The molecule has 0 aromatic heterocycles. The summed E-state index contributed by atoms with van der Waals surface area (Å²) in [7, 11) is 1.58. The number of anilines is 1. The molecule has 1 saturated heterocycles. The molecule has 1 N–H and O–H groups in total. The van der Waals surface area contributed by atoms with Crippen molar-refractivity contribution in [2.75, 3.05) is 38.6 Å². The van der Waals surface area contributed by atoms with E-state index in [9.17, 15) is 8.78 Å². The van der Waals surface area contributed by atoms with Crippen LogP contribution in [0.4, 0.5) is 14.5 Å². The predicted octanol–water partition coefficient (Wildman–Crippen LogP) is 3.49. The molecule has 2 aromatic carbocycles. The zero-order valence-corrected chi connectivity index (χ0v) is 15.4. The van der Waals surface area contributed by atoms with Gasteiger partial charge in [-0.25, -0.2) is 8.78 Å². The second kappa shape index (κ2) is 8.42. The van der Waals surface area contributed by atoms with Gasteiger partial charge < -0.3 is 15.0 Å². The number of thiocarbonyl (C=S) groups is 1. The normalized spacial score (nSPS) is 15.0. The molecule has 138 valence electrons. The number of nitrogens with zero attached hydrogens (tertiary/aromatic N) is 2. The Kier molecular flexibility index (Phi) is 6.00. The number of halogens is 2. The second-order valence-electron chi connectivity index (χ2n) is 6.13. The molecule has 0 bridgehead atoms. The lowest BCUT2D eigenvalue weighted by Gasteiger charge is -2.36. The van der Waals surface area contributed by atoms with Gasteiger partial charge in [0.15, 0.2) is 5.11 Å². The highest BCUT2D eigenvalue weighted by atomic mass is 32.1. The van der Waals surface area contributed by atoms with Crippen molar-refractivity contribution in [3.05, 3.63) is 59.7 Å². The highest BCUT2D eigenvalue weighted by Crippen LogP contribution is 2.22. The van der Waals surface area contributed by atoms with Crippen LogP contribution in [0, 0.1) is 11.6 Å². The van der Waals surface area contributed by atoms with Crippen molar-refractivity contribution in [2.24, 2.45) is 0 Å². The molecule has 1 aliphatic heterocycles. The summed E-state index contributed by atoms with van der Waals surface area (Å²) in [6.45, 7) is 3.61. The lowest BCUT2D eigenvalue weighted by Crippen LogP contribution is -2.49. The van der Waals surface area contributed by atoms with E-state index in [0.717, 1.165) is 31.7 Å². The van der Waals surface area contributed by atoms with E-state index in [-0.39, 0.29) is 11.6 Å². The minimum atomic E-state index is -0.327. The average molecular weight is 377 g/mol. The molecule has 7 heteroatoms. The molecular formula is C19H21F2N3OS. The van der Waals surface area contributed by atoms with E-state index >= 15 is 0 Å². The smallest absolute Gasteiger partial charge is 0.173 e. The monoisotopic (exact) mass is 377 g/mol. The Balaban J connectivity index is 1.55. The van der Waals surface area contributed by atoms with Crippen LogP contribution in [0.1, 0.15) is 5.56 Å². The third-order valence-electron chi connectivity index (χ3n) is 4.41. The summed E-state index contributed by atoms with van der Waals surface area (Å²) >= 11 is 5.40. The van der Waals surface area contributed by atoms with Crippen LogP contribution < -0.4 is 10.1 Å². The van der Waals surface area contributed by atoms with Crippen LogP contribution >= 0.6 is 12.2 Å². The molecule has 0 unspecified atom stereocenters. The van der Waals surface area contributed by atoms with Crippen LogP contribution in [0.2, 0.25) is 0 Å². The van der Waals surface area contributed by atoms with Crippen molar-refractivity contribution in [3.63, 3.8) is 0 Å². The Morgan fingerprint density at radius 1 is 1.12 bits per heavy atom. The molecule has 26 heavy (non-hydrogen) atoms. The average Bonchev–Trinajstić information content (AvgIpc) is 2.64. The van der Waals surface area contributed by atoms with Crippen LogP contribution in [-0.4, -0.2) is 48.2 Å². The van der Waals surface area contributed by atoms with E-state index in [0.29, 0.717) is 23.1 Å². The Bertz CT molecular complexity index is 779. The summed E-state index contributed by atoms with van der Waals surface area (Å²) in [4.78, 5) is 4.24. The summed E-state index contributed by atoms with van der Waals surface area (Å²) in [5.74, 6) is 0.0898. The molecule has 0 aliphatic carbocycles. The number of hydrogen-bond donors (Lipinski definition) is 1. The summed E-state index contributed by atoms with van der Waals surface area (Å²) in [6, 6.07) is 11.0. The number of rotatable bonds is 4.